The van der Waals surface area contributed by atoms with E-state index in [1.165, 1.54) is 22.7 Å². The molecule has 0 amide bonds. The van der Waals surface area contributed by atoms with Gasteiger partial charge in [0.15, 0.2) is 0 Å². The van der Waals surface area contributed by atoms with Crippen molar-refractivity contribution in [2.24, 2.45) is 0 Å². The van der Waals surface area contributed by atoms with Gasteiger partial charge in [-0.25, -0.2) is 4.98 Å². The van der Waals surface area contributed by atoms with Crippen molar-refractivity contribution < 1.29 is 4.74 Å². The van der Waals surface area contributed by atoms with E-state index in [2.05, 4.69) is 31.1 Å². The number of thiazole rings is 1. The van der Waals surface area contributed by atoms with Crippen molar-refractivity contribution in [3.63, 3.8) is 0 Å². The molecule has 1 aliphatic rings. The van der Waals surface area contributed by atoms with Crippen LogP contribution in [0.4, 0.5) is 0 Å². The average Bonchev–Trinajstić information content (AvgIpc) is 2.84. The van der Waals surface area contributed by atoms with Crippen molar-refractivity contribution in [2.45, 2.75) is 51.9 Å². The summed E-state index contributed by atoms with van der Waals surface area (Å²) in [6, 6.07) is 0.332. The molecule has 0 saturated carbocycles. The summed E-state index contributed by atoms with van der Waals surface area (Å²) in [5.74, 6) is 0. The molecule has 0 spiro atoms. The quantitative estimate of drug-likeness (QED) is 0.878. The summed E-state index contributed by atoms with van der Waals surface area (Å²) >= 11 is 1.76. The summed E-state index contributed by atoms with van der Waals surface area (Å²) in [5, 5.41) is 4.67. The first kappa shape index (κ1) is 12.0. The maximum atomic E-state index is 5.77. The van der Waals surface area contributed by atoms with Gasteiger partial charge in [0.05, 0.1) is 18.2 Å². The van der Waals surface area contributed by atoms with Crippen molar-refractivity contribution in [1.29, 1.82) is 0 Å². The van der Waals surface area contributed by atoms with E-state index in [1.54, 1.807) is 11.3 Å². The smallest absolute Gasteiger partial charge is 0.109 e. The minimum absolute atomic E-state index is 0.332. The molecule has 1 fully saturated rings. The molecule has 0 aliphatic carbocycles. The Morgan fingerprint density at radius 2 is 2.44 bits per heavy atom. The molecule has 1 saturated heterocycles. The number of rotatable bonds is 4. The summed E-state index contributed by atoms with van der Waals surface area (Å²) in [4.78, 5) is 5.66. The fraction of sp³-hybridized carbons (Fsp3) is 0.750. The van der Waals surface area contributed by atoms with Crippen LogP contribution in [-0.4, -0.2) is 23.7 Å². The van der Waals surface area contributed by atoms with E-state index in [0.717, 1.165) is 6.54 Å². The largest absolute Gasteiger partial charge is 0.374 e. The lowest BCUT2D eigenvalue weighted by atomic mass is 10.2. The third-order valence-electron chi connectivity index (χ3n) is 2.98. The summed E-state index contributed by atoms with van der Waals surface area (Å²) in [6.45, 7) is 7.34. The van der Waals surface area contributed by atoms with Gasteiger partial charge in [0.2, 0.25) is 0 Å². The number of hydrogen-bond donors (Lipinski definition) is 1. The molecule has 4 heteroatoms. The average molecular weight is 240 g/mol. The van der Waals surface area contributed by atoms with Gasteiger partial charge >= 0.3 is 0 Å². The molecule has 16 heavy (non-hydrogen) atoms. The van der Waals surface area contributed by atoms with Gasteiger partial charge < -0.3 is 10.1 Å². The van der Waals surface area contributed by atoms with E-state index in [0.29, 0.717) is 18.2 Å². The van der Waals surface area contributed by atoms with E-state index in [4.69, 9.17) is 4.74 Å². The Kier molecular flexibility index (Phi) is 3.95. The Balaban J connectivity index is 1.77. The van der Waals surface area contributed by atoms with Crippen molar-refractivity contribution in [1.82, 2.24) is 10.3 Å². The van der Waals surface area contributed by atoms with Gasteiger partial charge in [-0.1, -0.05) is 0 Å². The molecule has 1 aliphatic heterocycles. The van der Waals surface area contributed by atoms with E-state index in [-0.39, 0.29) is 0 Å². The standard InChI is InChI=1S/C12H20N2OS/c1-8-4-5-11(15-8)7-13-10(3)12-14-6-9(2)16-12/h6,8,10-11,13H,4-5,7H2,1-3H3. The molecule has 2 rings (SSSR count). The van der Waals surface area contributed by atoms with Crippen molar-refractivity contribution >= 4 is 11.3 Å². The van der Waals surface area contributed by atoms with Crippen LogP contribution < -0.4 is 5.32 Å². The van der Waals surface area contributed by atoms with Gasteiger partial charge in [0, 0.05) is 17.6 Å². The van der Waals surface area contributed by atoms with Gasteiger partial charge in [-0.3, -0.25) is 0 Å². The molecule has 3 unspecified atom stereocenters. The molecule has 0 aromatic carbocycles. The highest BCUT2D eigenvalue weighted by Crippen LogP contribution is 2.21. The number of nitrogens with one attached hydrogen (secondary N) is 1. The van der Waals surface area contributed by atoms with Crippen LogP contribution in [0.5, 0.6) is 0 Å². The van der Waals surface area contributed by atoms with Crippen LogP contribution in [0.15, 0.2) is 6.20 Å². The topological polar surface area (TPSA) is 34.2 Å². The third kappa shape index (κ3) is 3.03. The Bertz CT molecular complexity index is 340. The molecule has 0 radical (unpaired) electrons. The first-order chi connectivity index (χ1) is 7.65. The van der Waals surface area contributed by atoms with E-state index in [1.807, 2.05) is 6.20 Å². The molecule has 1 aromatic rings. The predicted molar refractivity (Wildman–Crippen MR) is 66.8 cm³/mol. The molecule has 0 bridgehead atoms. The number of aromatic nitrogens is 1. The second-order valence-electron chi connectivity index (χ2n) is 4.59. The Morgan fingerprint density at radius 1 is 1.62 bits per heavy atom. The van der Waals surface area contributed by atoms with E-state index >= 15 is 0 Å². The maximum absolute atomic E-state index is 5.77. The normalized spacial score (nSPS) is 27.2. The molecule has 90 valence electrons. The number of nitrogens with zero attached hydrogens (tertiary/aromatic N) is 1. The molecule has 1 N–H and O–H groups in total. The van der Waals surface area contributed by atoms with Crippen molar-refractivity contribution in [3.8, 4) is 0 Å². The number of ether oxygens (including phenoxy) is 1. The van der Waals surface area contributed by atoms with Gasteiger partial charge in [0.25, 0.3) is 0 Å². The summed E-state index contributed by atoms with van der Waals surface area (Å²) in [5.41, 5.74) is 0. The van der Waals surface area contributed by atoms with Crippen LogP contribution in [0.2, 0.25) is 0 Å². The van der Waals surface area contributed by atoms with Crippen LogP contribution in [-0.2, 0) is 4.74 Å². The molecule has 2 heterocycles. The Morgan fingerprint density at radius 3 is 3.00 bits per heavy atom. The Hall–Kier alpha value is -0.450. The van der Waals surface area contributed by atoms with Crippen LogP contribution in [0.25, 0.3) is 0 Å². The molecule has 3 nitrogen and oxygen atoms in total. The second-order valence-corrected chi connectivity index (χ2v) is 5.85. The molecular formula is C12H20N2OS. The SMILES string of the molecule is Cc1cnc(C(C)NCC2CCC(C)O2)s1. The van der Waals surface area contributed by atoms with Gasteiger partial charge in [-0.05, 0) is 33.6 Å². The monoisotopic (exact) mass is 240 g/mol. The zero-order valence-corrected chi connectivity index (χ0v) is 11.0. The minimum atomic E-state index is 0.332. The predicted octanol–water partition coefficient (Wildman–Crippen LogP) is 2.67. The van der Waals surface area contributed by atoms with Crippen molar-refractivity contribution in [2.75, 3.05) is 6.54 Å². The molecule has 3 atom stereocenters. The first-order valence-electron chi connectivity index (χ1n) is 5.96. The lowest BCUT2D eigenvalue weighted by Gasteiger charge is -2.15. The lowest BCUT2D eigenvalue weighted by Crippen LogP contribution is -2.29. The third-order valence-corrected chi connectivity index (χ3v) is 4.08. The van der Waals surface area contributed by atoms with Gasteiger partial charge in [-0.2, -0.15) is 0 Å². The second kappa shape index (κ2) is 5.25. The number of hydrogen-bond acceptors (Lipinski definition) is 4. The lowest BCUT2D eigenvalue weighted by molar-refractivity contribution is 0.0546. The highest BCUT2D eigenvalue weighted by atomic mass is 32.1. The summed E-state index contributed by atoms with van der Waals surface area (Å²) in [6.07, 6.45) is 5.13. The first-order valence-corrected chi connectivity index (χ1v) is 6.78. The van der Waals surface area contributed by atoms with E-state index in [9.17, 15) is 0 Å². The minimum Gasteiger partial charge on any atom is -0.374 e. The number of aryl methyl sites for hydroxylation is 1. The van der Waals surface area contributed by atoms with E-state index < -0.39 is 0 Å². The van der Waals surface area contributed by atoms with Crippen LogP contribution in [0.3, 0.4) is 0 Å². The zero-order chi connectivity index (χ0) is 11.5. The fourth-order valence-electron chi connectivity index (χ4n) is 2.00. The van der Waals surface area contributed by atoms with Crippen LogP contribution in [0, 0.1) is 6.92 Å². The summed E-state index contributed by atoms with van der Waals surface area (Å²) < 4.78 is 5.77. The van der Waals surface area contributed by atoms with Gasteiger partial charge in [-0.15, -0.1) is 11.3 Å². The molecular weight excluding hydrogens is 220 g/mol. The zero-order valence-electron chi connectivity index (χ0n) is 10.2. The highest BCUT2D eigenvalue weighted by molar-refractivity contribution is 7.11. The van der Waals surface area contributed by atoms with Crippen LogP contribution >= 0.6 is 11.3 Å². The Labute approximate surface area is 101 Å². The maximum Gasteiger partial charge on any atom is 0.109 e. The van der Waals surface area contributed by atoms with Gasteiger partial charge in [0.1, 0.15) is 5.01 Å². The van der Waals surface area contributed by atoms with Crippen LogP contribution in [0.1, 0.15) is 42.6 Å². The summed E-state index contributed by atoms with van der Waals surface area (Å²) in [7, 11) is 0. The molecule has 1 aromatic heterocycles. The fourth-order valence-corrected chi connectivity index (χ4v) is 2.80. The highest BCUT2D eigenvalue weighted by Gasteiger charge is 2.22. The van der Waals surface area contributed by atoms with Crippen molar-refractivity contribution in [3.05, 3.63) is 16.1 Å².